The third-order valence-corrected chi connectivity index (χ3v) is 14.0. The minimum atomic E-state index is 0.920. The minimum Gasteiger partial charge on any atom is -0.309 e. The molecular weight excluding hydrogens is 837 g/mol. The molecule has 0 fully saturated rings. The molecule has 322 valence electrons. The van der Waals surface area contributed by atoms with Crippen molar-refractivity contribution in [3.63, 3.8) is 0 Å². The molecule has 4 aromatic heterocycles. The van der Waals surface area contributed by atoms with Crippen LogP contribution in [0, 0.1) is 0 Å². The zero-order valence-electron chi connectivity index (χ0n) is 37.5. The highest BCUT2D eigenvalue weighted by Gasteiger charge is 2.23. The van der Waals surface area contributed by atoms with Gasteiger partial charge in [-0.2, -0.15) is 0 Å². The zero-order valence-corrected chi connectivity index (χ0v) is 37.5. The number of rotatable bonds is 7. The van der Waals surface area contributed by atoms with Gasteiger partial charge in [-0.25, -0.2) is 4.98 Å². The van der Waals surface area contributed by atoms with Crippen molar-refractivity contribution in [1.29, 1.82) is 0 Å². The summed E-state index contributed by atoms with van der Waals surface area (Å²) >= 11 is 0. The number of hydrogen-bond donors (Lipinski definition) is 0. The van der Waals surface area contributed by atoms with E-state index in [4.69, 9.17) is 4.98 Å². The highest BCUT2D eigenvalue weighted by molar-refractivity contribution is 6.24. The van der Waals surface area contributed by atoms with Crippen LogP contribution in [0.4, 0.5) is 0 Å². The smallest absolute Gasteiger partial charge is 0.0788 e. The lowest BCUT2D eigenvalue weighted by atomic mass is 9.98. The maximum atomic E-state index is 5.43. The van der Waals surface area contributed by atoms with Gasteiger partial charge >= 0.3 is 0 Å². The second kappa shape index (κ2) is 15.7. The van der Waals surface area contributed by atoms with Crippen molar-refractivity contribution in [2.24, 2.45) is 0 Å². The Hall–Kier alpha value is -9.25. The largest absolute Gasteiger partial charge is 0.309 e. The van der Waals surface area contributed by atoms with E-state index in [-0.39, 0.29) is 0 Å². The second-order valence-electron chi connectivity index (χ2n) is 17.9. The standard InChI is InChI=1S/C65H42N4/c1-4-17-43(18-5-1)45-31-33-46(34-32-45)58-40-48(44-19-6-2-7-20-44)41-59(66-58)47-21-16-24-50(39-47)68-61-29-14-10-25-52(61)55-36-37-56-53-26-11-15-30-62(53)69(65(56)64(55)68)51-35-38-63-57(42-51)54-27-12-13-28-60(54)67(63)49-22-8-3-9-23-49/h1-42H. The molecule has 0 atom stereocenters. The molecule has 0 aliphatic heterocycles. The molecule has 0 spiro atoms. The third kappa shape index (κ3) is 6.27. The average Bonchev–Trinajstić information content (AvgIpc) is 4.07. The van der Waals surface area contributed by atoms with Gasteiger partial charge in [-0.15, -0.1) is 0 Å². The Morgan fingerprint density at radius 1 is 0.217 bits per heavy atom. The first-order valence-electron chi connectivity index (χ1n) is 23.6. The summed E-state index contributed by atoms with van der Waals surface area (Å²) in [6, 6.07) is 92.2. The fourth-order valence-electron chi connectivity index (χ4n) is 10.9. The molecule has 4 heterocycles. The van der Waals surface area contributed by atoms with Crippen molar-refractivity contribution in [3.8, 4) is 61.8 Å². The van der Waals surface area contributed by atoms with Crippen molar-refractivity contribution in [2.75, 3.05) is 0 Å². The van der Waals surface area contributed by atoms with Gasteiger partial charge in [-0.05, 0) is 95.1 Å². The van der Waals surface area contributed by atoms with Crippen LogP contribution in [0.3, 0.4) is 0 Å². The molecule has 0 aliphatic carbocycles. The average molecular weight is 879 g/mol. The maximum Gasteiger partial charge on any atom is 0.0788 e. The van der Waals surface area contributed by atoms with Gasteiger partial charge in [0.25, 0.3) is 0 Å². The number of aromatic nitrogens is 4. The summed E-state index contributed by atoms with van der Waals surface area (Å²) in [5.41, 5.74) is 19.0. The van der Waals surface area contributed by atoms with Crippen LogP contribution in [0.2, 0.25) is 0 Å². The molecule has 10 aromatic carbocycles. The number of nitrogens with zero attached hydrogens (tertiary/aromatic N) is 4. The molecule has 0 unspecified atom stereocenters. The number of benzene rings is 10. The van der Waals surface area contributed by atoms with Gasteiger partial charge in [-0.3, -0.25) is 0 Å². The lowest BCUT2D eigenvalue weighted by Crippen LogP contribution is -1.99. The molecule has 0 radical (unpaired) electrons. The number of para-hydroxylation sites is 4. The SMILES string of the molecule is c1ccc(-c2ccc(-c3cc(-c4ccccc4)cc(-c4cccc(-n5c6ccccc6c6ccc7c8ccccc8n(-c8ccc9c(c8)c8ccccc8n9-c8ccccc8)c7c65)c4)n3)cc2)cc1. The number of hydrogen-bond acceptors (Lipinski definition) is 1. The summed E-state index contributed by atoms with van der Waals surface area (Å²) in [6.45, 7) is 0. The topological polar surface area (TPSA) is 27.7 Å². The summed E-state index contributed by atoms with van der Waals surface area (Å²) in [5, 5.41) is 7.30. The molecule has 0 saturated heterocycles. The van der Waals surface area contributed by atoms with Crippen molar-refractivity contribution >= 4 is 65.4 Å². The van der Waals surface area contributed by atoms with Crippen molar-refractivity contribution in [2.45, 2.75) is 0 Å². The Morgan fingerprint density at radius 3 is 1.25 bits per heavy atom. The van der Waals surface area contributed by atoms with Crippen LogP contribution in [-0.2, 0) is 0 Å². The Morgan fingerprint density at radius 2 is 0.638 bits per heavy atom. The van der Waals surface area contributed by atoms with E-state index in [1.54, 1.807) is 0 Å². The van der Waals surface area contributed by atoms with E-state index in [2.05, 4.69) is 268 Å². The van der Waals surface area contributed by atoms with Crippen molar-refractivity contribution < 1.29 is 0 Å². The normalized spacial score (nSPS) is 11.8. The van der Waals surface area contributed by atoms with Gasteiger partial charge in [0.1, 0.15) is 0 Å². The van der Waals surface area contributed by atoms with E-state index in [1.807, 2.05) is 0 Å². The van der Waals surface area contributed by atoms with Crippen LogP contribution in [0.15, 0.2) is 255 Å². The van der Waals surface area contributed by atoms with Crippen LogP contribution < -0.4 is 0 Å². The fraction of sp³-hybridized carbons (Fsp3) is 0. The van der Waals surface area contributed by atoms with Gasteiger partial charge in [0.05, 0.1) is 44.5 Å². The number of fused-ring (bicyclic) bond motifs is 10. The fourth-order valence-corrected chi connectivity index (χ4v) is 10.9. The third-order valence-electron chi connectivity index (χ3n) is 14.0. The van der Waals surface area contributed by atoms with Crippen molar-refractivity contribution in [1.82, 2.24) is 18.7 Å². The summed E-state index contributed by atoms with van der Waals surface area (Å²) in [4.78, 5) is 5.43. The van der Waals surface area contributed by atoms with Crippen LogP contribution in [-0.4, -0.2) is 18.7 Å². The Kier molecular flexibility index (Phi) is 8.86. The number of pyridine rings is 1. The van der Waals surface area contributed by atoms with Crippen molar-refractivity contribution in [3.05, 3.63) is 255 Å². The summed E-state index contributed by atoms with van der Waals surface area (Å²) < 4.78 is 7.37. The van der Waals surface area contributed by atoms with E-state index in [9.17, 15) is 0 Å². The molecular formula is C65H42N4. The Bertz CT molecular complexity index is 4270. The molecule has 0 bridgehead atoms. The monoisotopic (exact) mass is 878 g/mol. The van der Waals surface area contributed by atoms with E-state index >= 15 is 0 Å². The molecule has 4 nitrogen and oxygen atoms in total. The lowest BCUT2D eigenvalue weighted by Gasteiger charge is -2.15. The quantitative estimate of drug-likeness (QED) is 0.157. The zero-order chi connectivity index (χ0) is 45.4. The molecule has 69 heavy (non-hydrogen) atoms. The Balaban J connectivity index is 0.993. The van der Waals surface area contributed by atoms with Gasteiger partial charge in [-0.1, -0.05) is 182 Å². The first kappa shape index (κ1) is 39.0. The van der Waals surface area contributed by atoms with Crippen LogP contribution in [0.25, 0.3) is 127 Å². The maximum absolute atomic E-state index is 5.43. The Labute approximate surface area is 398 Å². The van der Waals surface area contributed by atoms with Crippen LogP contribution in [0.5, 0.6) is 0 Å². The first-order valence-corrected chi connectivity index (χ1v) is 23.6. The van der Waals surface area contributed by atoms with E-state index in [0.29, 0.717) is 0 Å². The van der Waals surface area contributed by atoms with E-state index in [0.717, 1.165) is 56.2 Å². The highest BCUT2D eigenvalue weighted by Crippen LogP contribution is 2.43. The second-order valence-corrected chi connectivity index (χ2v) is 17.9. The van der Waals surface area contributed by atoms with Crippen LogP contribution in [0.1, 0.15) is 0 Å². The minimum absolute atomic E-state index is 0.920. The summed E-state index contributed by atoms with van der Waals surface area (Å²) in [5.74, 6) is 0. The predicted octanol–water partition coefficient (Wildman–Crippen LogP) is 17.0. The van der Waals surface area contributed by atoms with Gasteiger partial charge in [0.15, 0.2) is 0 Å². The van der Waals surface area contributed by atoms with Crippen LogP contribution >= 0.6 is 0 Å². The highest BCUT2D eigenvalue weighted by atomic mass is 15.0. The molecule has 0 N–H and O–H groups in total. The summed E-state index contributed by atoms with van der Waals surface area (Å²) in [6.07, 6.45) is 0. The molecule has 0 saturated carbocycles. The predicted molar refractivity (Wildman–Crippen MR) is 289 cm³/mol. The van der Waals surface area contributed by atoms with Gasteiger partial charge in [0.2, 0.25) is 0 Å². The van der Waals surface area contributed by atoms with Gasteiger partial charge in [0, 0.05) is 60.5 Å². The molecule has 0 amide bonds. The molecule has 4 heteroatoms. The molecule has 0 aliphatic rings. The summed E-state index contributed by atoms with van der Waals surface area (Å²) in [7, 11) is 0. The lowest BCUT2D eigenvalue weighted by molar-refractivity contribution is 1.15. The van der Waals surface area contributed by atoms with Gasteiger partial charge < -0.3 is 13.7 Å². The first-order chi connectivity index (χ1) is 34.2. The van der Waals surface area contributed by atoms with E-state index < -0.39 is 0 Å². The van der Waals surface area contributed by atoms with E-state index in [1.165, 1.54) is 71.0 Å². The molecule has 14 rings (SSSR count). The molecule has 14 aromatic rings.